The standard InChI is InChI=1S/C17H20N2OS/c20-17(19-15-9-3-1-4-10-15)18-13-7-8-14-21-16-11-5-2-6-12-16/h1-6,9-12H,7-8,13-14H2,(H2,18,19,20). The summed E-state index contributed by atoms with van der Waals surface area (Å²) in [6, 6.07) is 19.7. The third kappa shape index (κ3) is 6.36. The van der Waals surface area contributed by atoms with Gasteiger partial charge in [0.2, 0.25) is 0 Å². The lowest BCUT2D eigenvalue weighted by Gasteiger charge is -2.07. The number of thioether (sulfide) groups is 1. The number of benzene rings is 2. The van der Waals surface area contributed by atoms with Crippen molar-refractivity contribution in [3.8, 4) is 0 Å². The number of urea groups is 1. The third-order valence-corrected chi connectivity index (χ3v) is 4.00. The second-order valence-corrected chi connectivity index (χ2v) is 5.78. The average molecular weight is 300 g/mol. The van der Waals surface area contributed by atoms with Crippen LogP contribution < -0.4 is 10.6 Å². The van der Waals surface area contributed by atoms with Gasteiger partial charge in [0, 0.05) is 17.1 Å². The number of rotatable bonds is 7. The minimum Gasteiger partial charge on any atom is -0.338 e. The first-order chi connectivity index (χ1) is 10.3. The summed E-state index contributed by atoms with van der Waals surface area (Å²) in [4.78, 5) is 12.9. The molecule has 0 spiro atoms. The van der Waals surface area contributed by atoms with Gasteiger partial charge in [0.15, 0.2) is 0 Å². The maximum absolute atomic E-state index is 11.6. The molecule has 0 saturated heterocycles. The van der Waals surface area contributed by atoms with E-state index in [9.17, 15) is 4.79 Å². The van der Waals surface area contributed by atoms with Crippen LogP contribution in [0.2, 0.25) is 0 Å². The number of hydrogen-bond acceptors (Lipinski definition) is 2. The molecule has 0 atom stereocenters. The van der Waals surface area contributed by atoms with E-state index < -0.39 is 0 Å². The smallest absolute Gasteiger partial charge is 0.319 e. The van der Waals surface area contributed by atoms with Crippen LogP contribution in [0.3, 0.4) is 0 Å². The van der Waals surface area contributed by atoms with Crippen molar-refractivity contribution in [3.63, 3.8) is 0 Å². The van der Waals surface area contributed by atoms with Crippen LogP contribution in [-0.4, -0.2) is 18.3 Å². The van der Waals surface area contributed by atoms with Crippen molar-refractivity contribution in [2.24, 2.45) is 0 Å². The van der Waals surface area contributed by atoms with Crippen LogP contribution in [0.5, 0.6) is 0 Å². The van der Waals surface area contributed by atoms with Gasteiger partial charge in [-0.3, -0.25) is 0 Å². The number of para-hydroxylation sites is 1. The molecule has 0 radical (unpaired) electrons. The Hall–Kier alpha value is -1.94. The predicted octanol–water partition coefficient (Wildman–Crippen LogP) is 4.38. The zero-order valence-electron chi connectivity index (χ0n) is 11.9. The van der Waals surface area contributed by atoms with E-state index in [0.29, 0.717) is 6.54 Å². The highest BCUT2D eigenvalue weighted by Crippen LogP contribution is 2.18. The Morgan fingerprint density at radius 1 is 0.905 bits per heavy atom. The van der Waals surface area contributed by atoms with Gasteiger partial charge in [-0.25, -0.2) is 4.79 Å². The van der Waals surface area contributed by atoms with E-state index in [1.54, 1.807) is 0 Å². The number of hydrogen-bond donors (Lipinski definition) is 2. The molecule has 3 nitrogen and oxygen atoms in total. The summed E-state index contributed by atoms with van der Waals surface area (Å²) >= 11 is 1.85. The number of carbonyl (C=O) groups excluding carboxylic acids is 1. The number of nitrogens with one attached hydrogen (secondary N) is 2. The molecule has 0 aliphatic heterocycles. The van der Waals surface area contributed by atoms with Crippen LogP contribution in [0, 0.1) is 0 Å². The number of amides is 2. The van der Waals surface area contributed by atoms with Gasteiger partial charge in [0.1, 0.15) is 0 Å². The number of unbranched alkanes of at least 4 members (excludes halogenated alkanes) is 1. The molecule has 2 amide bonds. The van der Waals surface area contributed by atoms with E-state index in [-0.39, 0.29) is 6.03 Å². The van der Waals surface area contributed by atoms with E-state index in [2.05, 4.69) is 34.9 Å². The molecule has 0 bridgehead atoms. The minimum atomic E-state index is -0.142. The Morgan fingerprint density at radius 2 is 1.57 bits per heavy atom. The fraction of sp³-hybridized carbons (Fsp3) is 0.235. The highest BCUT2D eigenvalue weighted by molar-refractivity contribution is 7.99. The van der Waals surface area contributed by atoms with Crippen molar-refractivity contribution in [3.05, 3.63) is 60.7 Å². The first-order valence-electron chi connectivity index (χ1n) is 7.12. The lowest BCUT2D eigenvalue weighted by Crippen LogP contribution is -2.29. The van der Waals surface area contributed by atoms with Crippen molar-refractivity contribution >= 4 is 23.5 Å². The Bertz CT molecular complexity index is 531. The van der Waals surface area contributed by atoms with Crippen LogP contribution in [-0.2, 0) is 0 Å². The molecule has 0 saturated carbocycles. The average Bonchev–Trinajstić information content (AvgIpc) is 2.53. The summed E-state index contributed by atoms with van der Waals surface area (Å²) in [6.45, 7) is 0.702. The summed E-state index contributed by atoms with van der Waals surface area (Å²) in [7, 11) is 0. The highest BCUT2D eigenvalue weighted by Gasteiger charge is 2.00. The first kappa shape index (κ1) is 15.4. The second kappa shape index (κ2) is 9.08. The van der Waals surface area contributed by atoms with E-state index in [1.165, 1.54) is 4.90 Å². The van der Waals surface area contributed by atoms with Gasteiger partial charge in [-0.2, -0.15) is 0 Å². The lowest BCUT2D eigenvalue weighted by atomic mass is 10.3. The van der Waals surface area contributed by atoms with Crippen molar-refractivity contribution in [2.45, 2.75) is 17.7 Å². The molecular formula is C17H20N2OS. The zero-order chi connectivity index (χ0) is 14.8. The summed E-state index contributed by atoms with van der Waals surface area (Å²) in [5.74, 6) is 1.08. The molecule has 2 N–H and O–H groups in total. The quantitative estimate of drug-likeness (QED) is 0.588. The third-order valence-electron chi connectivity index (χ3n) is 2.90. The molecule has 2 aromatic carbocycles. The van der Waals surface area contributed by atoms with Gasteiger partial charge in [-0.05, 0) is 42.9 Å². The molecule has 2 rings (SSSR count). The van der Waals surface area contributed by atoms with Crippen LogP contribution in [0.25, 0.3) is 0 Å². The highest BCUT2D eigenvalue weighted by atomic mass is 32.2. The lowest BCUT2D eigenvalue weighted by molar-refractivity contribution is 0.252. The largest absolute Gasteiger partial charge is 0.338 e. The van der Waals surface area contributed by atoms with Gasteiger partial charge in [0.25, 0.3) is 0 Å². The molecule has 2 aromatic rings. The molecule has 0 aliphatic carbocycles. The molecule has 0 unspecified atom stereocenters. The van der Waals surface area contributed by atoms with Gasteiger partial charge in [-0.1, -0.05) is 36.4 Å². The SMILES string of the molecule is O=C(NCCCCSc1ccccc1)Nc1ccccc1. The van der Waals surface area contributed by atoms with Crippen LogP contribution in [0.15, 0.2) is 65.6 Å². The molecule has 0 heterocycles. The Morgan fingerprint density at radius 3 is 2.29 bits per heavy atom. The first-order valence-corrected chi connectivity index (χ1v) is 8.11. The Balaban J connectivity index is 1.52. The Kier molecular flexibility index (Phi) is 6.68. The minimum absolute atomic E-state index is 0.142. The molecule has 0 aliphatic rings. The zero-order valence-corrected chi connectivity index (χ0v) is 12.7. The van der Waals surface area contributed by atoms with Gasteiger partial charge in [0.05, 0.1) is 0 Å². The van der Waals surface area contributed by atoms with Gasteiger partial charge in [-0.15, -0.1) is 11.8 Å². The van der Waals surface area contributed by atoms with Crippen LogP contribution in [0.4, 0.5) is 10.5 Å². The van der Waals surface area contributed by atoms with Crippen molar-refractivity contribution in [1.82, 2.24) is 5.32 Å². The predicted molar refractivity (Wildman–Crippen MR) is 89.9 cm³/mol. The Labute approximate surface area is 130 Å². The molecule has 4 heteroatoms. The molecule has 0 aromatic heterocycles. The van der Waals surface area contributed by atoms with Crippen molar-refractivity contribution in [1.29, 1.82) is 0 Å². The van der Waals surface area contributed by atoms with Crippen LogP contribution in [0.1, 0.15) is 12.8 Å². The summed E-state index contributed by atoms with van der Waals surface area (Å²) < 4.78 is 0. The van der Waals surface area contributed by atoms with Crippen LogP contribution >= 0.6 is 11.8 Å². The number of carbonyl (C=O) groups is 1. The second-order valence-electron chi connectivity index (χ2n) is 4.62. The maximum Gasteiger partial charge on any atom is 0.319 e. The summed E-state index contributed by atoms with van der Waals surface area (Å²) in [6.07, 6.45) is 2.08. The van der Waals surface area contributed by atoms with Crippen molar-refractivity contribution in [2.75, 3.05) is 17.6 Å². The van der Waals surface area contributed by atoms with Gasteiger partial charge >= 0.3 is 6.03 Å². The van der Waals surface area contributed by atoms with Crippen molar-refractivity contribution < 1.29 is 4.79 Å². The summed E-state index contributed by atoms with van der Waals surface area (Å²) in [5, 5.41) is 5.67. The normalized spacial score (nSPS) is 10.1. The van der Waals surface area contributed by atoms with E-state index in [0.717, 1.165) is 24.3 Å². The molecule has 110 valence electrons. The maximum atomic E-state index is 11.6. The van der Waals surface area contributed by atoms with E-state index in [1.807, 2.05) is 48.2 Å². The molecule has 0 fully saturated rings. The van der Waals surface area contributed by atoms with E-state index in [4.69, 9.17) is 0 Å². The topological polar surface area (TPSA) is 41.1 Å². The molecular weight excluding hydrogens is 280 g/mol. The fourth-order valence-electron chi connectivity index (χ4n) is 1.83. The van der Waals surface area contributed by atoms with Gasteiger partial charge < -0.3 is 10.6 Å². The van der Waals surface area contributed by atoms with E-state index >= 15 is 0 Å². The summed E-state index contributed by atoms with van der Waals surface area (Å²) in [5.41, 5.74) is 0.814. The fourth-order valence-corrected chi connectivity index (χ4v) is 2.77. The molecule has 21 heavy (non-hydrogen) atoms. The number of anilines is 1. The monoisotopic (exact) mass is 300 g/mol.